The second-order valence-electron chi connectivity index (χ2n) is 2.94. The summed E-state index contributed by atoms with van der Waals surface area (Å²) in [6.45, 7) is 0. The zero-order valence-corrected chi connectivity index (χ0v) is 10.1. The van der Waals surface area contributed by atoms with E-state index in [2.05, 4.69) is 20.6 Å². The molecule has 0 atom stereocenters. The van der Waals surface area contributed by atoms with E-state index in [9.17, 15) is 4.79 Å². The van der Waals surface area contributed by atoms with Crippen LogP contribution in [0.1, 0.15) is 4.88 Å². The van der Waals surface area contributed by atoms with Crippen molar-refractivity contribution in [1.82, 2.24) is 19.7 Å². The molecule has 0 aliphatic carbocycles. The first-order valence-corrected chi connectivity index (χ1v) is 6.16. The van der Waals surface area contributed by atoms with Crippen molar-refractivity contribution in [3.63, 3.8) is 0 Å². The lowest BCUT2D eigenvalue weighted by molar-refractivity contribution is 0.766. The van der Waals surface area contributed by atoms with E-state index >= 15 is 0 Å². The number of rotatable bonds is 4. The first kappa shape index (κ1) is 11.2. The van der Waals surface area contributed by atoms with E-state index in [1.54, 1.807) is 13.2 Å². The molecule has 2 aromatic heterocycles. The predicted molar refractivity (Wildman–Crippen MR) is 63.3 cm³/mol. The van der Waals surface area contributed by atoms with Gasteiger partial charge in [0, 0.05) is 23.9 Å². The smallest absolute Gasteiger partial charge is 0.300 e. The highest BCUT2D eigenvalue weighted by molar-refractivity contribution is 7.98. The number of thioether (sulfide) groups is 1. The molecule has 0 radical (unpaired) electrons. The maximum atomic E-state index is 11.1. The van der Waals surface area contributed by atoms with Gasteiger partial charge in [-0.25, -0.2) is 20.7 Å². The zero-order valence-electron chi connectivity index (χ0n) is 8.43. The van der Waals surface area contributed by atoms with E-state index in [1.807, 2.05) is 0 Å². The minimum Gasteiger partial charge on any atom is -0.300 e. The number of thiazole rings is 1. The van der Waals surface area contributed by atoms with Gasteiger partial charge in [-0.1, -0.05) is 11.8 Å². The van der Waals surface area contributed by atoms with Crippen molar-refractivity contribution in [2.45, 2.75) is 10.9 Å². The van der Waals surface area contributed by atoms with Gasteiger partial charge in [0.1, 0.15) is 0 Å². The van der Waals surface area contributed by atoms with Gasteiger partial charge >= 0.3 is 5.69 Å². The molecule has 9 heteroatoms. The number of nitrogen functional groups attached to an aromatic ring is 1. The fraction of sp³-hybridized carbons (Fsp3) is 0.286. The van der Waals surface area contributed by atoms with Gasteiger partial charge in [0.2, 0.25) is 0 Å². The lowest BCUT2D eigenvalue weighted by Crippen LogP contribution is -2.12. The quantitative estimate of drug-likeness (QED) is 0.410. The molecule has 0 unspecified atom stereocenters. The van der Waals surface area contributed by atoms with Crippen LogP contribution < -0.4 is 17.0 Å². The fourth-order valence-corrected chi connectivity index (χ4v) is 2.70. The average Bonchev–Trinajstić information content (AvgIpc) is 2.86. The van der Waals surface area contributed by atoms with E-state index in [4.69, 9.17) is 5.84 Å². The molecule has 7 nitrogen and oxygen atoms in total. The third-order valence-corrected chi connectivity index (χ3v) is 4.05. The molecule has 2 heterocycles. The van der Waals surface area contributed by atoms with Crippen LogP contribution in [0.2, 0.25) is 0 Å². The number of nitrogens with one attached hydrogen (secondary N) is 2. The Bertz CT molecular complexity index is 529. The van der Waals surface area contributed by atoms with Gasteiger partial charge in [-0.05, 0) is 0 Å². The molecule has 4 N–H and O–H groups in total. The van der Waals surface area contributed by atoms with Gasteiger partial charge in [0.15, 0.2) is 10.3 Å². The summed E-state index contributed by atoms with van der Waals surface area (Å²) < 4.78 is 1.47. The van der Waals surface area contributed by atoms with Crippen LogP contribution in [0.15, 0.2) is 16.1 Å². The maximum absolute atomic E-state index is 11.1. The number of aromatic nitrogens is 4. The highest BCUT2D eigenvalue weighted by atomic mass is 32.2. The van der Waals surface area contributed by atoms with Gasteiger partial charge < -0.3 is 0 Å². The summed E-state index contributed by atoms with van der Waals surface area (Å²) in [5.74, 6) is 5.93. The molecule has 0 saturated carbocycles. The summed E-state index contributed by atoms with van der Waals surface area (Å²) in [5.41, 5.74) is 2.27. The number of nitrogens with two attached hydrogens (primary N) is 1. The first-order valence-electron chi connectivity index (χ1n) is 4.36. The van der Waals surface area contributed by atoms with E-state index in [-0.39, 0.29) is 5.69 Å². The van der Waals surface area contributed by atoms with Gasteiger partial charge in [-0.15, -0.1) is 16.4 Å². The minimum absolute atomic E-state index is 0.212. The molecule has 0 aliphatic rings. The van der Waals surface area contributed by atoms with Crippen molar-refractivity contribution in [2.75, 3.05) is 5.43 Å². The number of hydrogen-bond donors (Lipinski definition) is 3. The fourth-order valence-electron chi connectivity index (χ4n) is 1.04. The van der Waals surface area contributed by atoms with Crippen molar-refractivity contribution in [1.29, 1.82) is 0 Å². The van der Waals surface area contributed by atoms with Gasteiger partial charge in [0.25, 0.3) is 0 Å². The Morgan fingerprint density at radius 3 is 3.12 bits per heavy atom. The lowest BCUT2D eigenvalue weighted by Gasteiger charge is -1.96. The van der Waals surface area contributed by atoms with Gasteiger partial charge in [-0.2, -0.15) is 0 Å². The zero-order chi connectivity index (χ0) is 11.5. The minimum atomic E-state index is -0.212. The Labute approximate surface area is 99.0 Å². The molecule has 2 rings (SSSR count). The maximum Gasteiger partial charge on any atom is 0.343 e. The SMILES string of the molecule is Cn1c(SCc2cnc(NN)s2)n[nH]c1=O. The van der Waals surface area contributed by atoms with Crippen molar-refractivity contribution in [3.8, 4) is 0 Å². The molecule has 0 aromatic carbocycles. The number of H-pyrrole nitrogens is 1. The molecule has 86 valence electrons. The monoisotopic (exact) mass is 258 g/mol. The Balaban J connectivity index is 2.02. The van der Waals surface area contributed by atoms with Crippen LogP contribution in [0.5, 0.6) is 0 Å². The Morgan fingerprint density at radius 1 is 1.75 bits per heavy atom. The Morgan fingerprint density at radius 2 is 2.56 bits per heavy atom. The molecule has 0 saturated heterocycles. The topological polar surface area (TPSA) is 102 Å². The van der Waals surface area contributed by atoms with Crippen LogP contribution >= 0.6 is 23.1 Å². The molecule has 2 aromatic rings. The summed E-state index contributed by atoms with van der Waals surface area (Å²) in [7, 11) is 1.67. The average molecular weight is 258 g/mol. The summed E-state index contributed by atoms with van der Waals surface area (Å²) in [6.07, 6.45) is 1.75. The van der Waals surface area contributed by atoms with E-state index in [0.29, 0.717) is 16.0 Å². The summed E-state index contributed by atoms with van der Waals surface area (Å²) >= 11 is 2.94. The van der Waals surface area contributed by atoms with Gasteiger partial charge in [-0.3, -0.25) is 9.99 Å². The van der Waals surface area contributed by atoms with Crippen molar-refractivity contribution in [3.05, 3.63) is 21.6 Å². The second kappa shape index (κ2) is 4.68. The van der Waals surface area contributed by atoms with Crippen molar-refractivity contribution < 1.29 is 0 Å². The number of anilines is 1. The van der Waals surface area contributed by atoms with E-state index < -0.39 is 0 Å². The van der Waals surface area contributed by atoms with Gasteiger partial charge in [0.05, 0.1) is 0 Å². The molecule has 0 spiro atoms. The summed E-state index contributed by atoms with van der Waals surface area (Å²) in [4.78, 5) is 16.2. The standard InChI is InChI=1S/C7H10N6OS2/c1-13-6(14)11-12-7(13)15-3-4-2-9-5(10-8)16-4/h2H,3,8H2,1H3,(H,9,10)(H,11,14). The van der Waals surface area contributed by atoms with Crippen molar-refractivity contribution >= 4 is 28.2 Å². The van der Waals surface area contributed by atoms with E-state index in [0.717, 1.165) is 4.88 Å². The first-order chi connectivity index (χ1) is 7.70. The third kappa shape index (κ3) is 2.26. The van der Waals surface area contributed by atoms with Crippen LogP contribution in [0.25, 0.3) is 0 Å². The second-order valence-corrected chi connectivity index (χ2v) is 4.99. The summed E-state index contributed by atoms with van der Waals surface area (Å²) in [6, 6.07) is 0. The highest BCUT2D eigenvalue weighted by Crippen LogP contribution is 2.24. The normalized spacial score (nSPS) is 10.6. The molecule has 0 fully saturated rings. The Hall–Kier alpha value is -1.32. The number of hydrazine groups is 1. The van der Waals surface area contributed by atoms with Crippen LogP contribution in [0, 0.1) is 0 Å². The van der Waals surface area contributed by atoms with E-state index in [1.165, 1.54) is 27.7 Å². The molecule has 0 aliphatic heterocycles. The number of aromatic amines is 1. The third-order valence-electron chi connectivity index (χ3n) is 1.86. The largest absolute Gasteiger partial charge is 0.343 e. The van der Waals surface area contributed by atoms with Crippen LogP contribution in [0.4, 0.5) is 5.13 Å². The number of nitrogens with zero attached hydrogens (tertiary/aromatic N) is 3. The predicted octanol–water partition coefficient (Wildman–Crippen LogP) is 0.143. The molecule has 0 bridgehead atoms. The molecular formula is C7H10N6OS2. The summed E-state index contributed by atoms with van der Waals surface area (Å²) in [5, 5.41) is 7.60. The Kier molecular flexibility index (Phi) is 3.27. The number of hydrogen-bond acceptors (Lipinski definition) is 7. The van der Waals surface area contributed by atoms with Crippen LogP contribution in [0.3, 0.4) is 0 Å². The molecule has 16 heavy (non-hydrogen) atoms. The highest BCUT2D eigenvalue weighted by Gasteiger charge is 2.06. The lowest BCUT2D eigenvalue weighted by atomic mass is 10.6. The molecule has 0 amide bonds. The van der Waals surface area contributed by atoms with Crippen molar-refractivity contribution in [2.24, 2.45) is 12.9 Å². The van der Waals surface area contributed by atoms with Crippen LogP contribution in [-0.2, 0) is 12.8 Å². The molecular weight excluding hydrogens is 248 g/mol. The van der Waals surface area contributed by atoms with Crippen LogP contribution in [-0.4, -0.2) is 19.7 Å².